The molecule has 49 heavy (non-hydrogen) atoms. The lowest BCUT2D eigenvalue weighted by molar-refractivity contribution is -0.167. The minimum Gasteiger partial charge on any atom is -0.463 e. The Labute approximate surface area is 288 Å². The van der Waals surface area contributed by atoms with Crippen LogP contribution in [0.2, 0.25) is 0 Å². The minimum atomic E-state index is -0.788. The van der Waals surface area contributed by atoms with Crippen LogP contribution in [0.4, 0.5) is 0 Å². The van der Waals surface area contributed by atoms with Crippen molar-refractivity contribution in [1.29, 1.82) is 0 Å². The zero-order valence-corrected chi connectivity index (χ0v) is 29.5. The first-order valence-corrected chi connectivity index (χ1v) is 19.7. The van der Waals surface area contributed by atoms with E-state index in [1.807, 2.05) is 27.7 Å². The van der Waals surface area contributed by atoms with Crippen molar-refractivity contribution in [2.24, 2.45) is 118 Å². The van der Waals surface area contributed by atoms with E-state index in [2.05, 4.69) is 6.92 Å². The number of fused-ring (bicyclic) bond motifs is 18. The first-order chi connectivity index (χ1) is 23.3. The van der Waals surface area contributed by atoms with Gasteiger partial charge in [-0.05, 0) is 154 Å². The number of carbonyl (C=O) groups is 5. The summed E-state index contributed by atoms with van der Waals surface area (Å²) < 4.78 is 22.2. The molecule has 0 spiro atoms. The summed E-state index contributed by atoms with van der Waals surface area (Å²) in [6.45, 7) is 10.6. The Balaban J connectivity index is 0.962. The number of hydrogen-bond acceptors (Lipinski definition) is 9. The van der Waals surface area contributed by atoms with Gasteiger partial charge >= 0.3 is 29.8 Å². The van der Waals surface area contributed by atoms with Gasteiger partial charge in [-0.3, -0.25) is 19.2 Å². The maximum Gasteiger partial charge on any atom is 0.347 e. The van der Waals surface area contributed by atoms with E-state index in [0.717, 1.165) is 32.1 Å². The van der Waals surface area contributed by atoms with Crippen molar-refractivity contribution in [3.8, 4) is 0 Å². The molecule has 9 heteroatoms. The fourth-order valence-electron chi connectivity index (χ4n) is 16.2. The highest BCUT2D eigenvalue weighted by Crippen LogP contribution is 2.79. The quantitative estimate of drug-likeness (QED) is 0.170. The molecule has 10 aliphatic rings. The van der Waals surface area contributed by atoms with Crippen LogP contribution in [-0.4, -0.2) is 48.2 Å². The van der Waals surface area contributed by atoms with E-state index in [1.165, 1.54) is 6.42 Å². The maximum atomic E-state index is 13.6. The molecule has 0 aromatic heterocycles. The normalized spacial score (nSPS) is 55.6. The number of rotatable bonds is 5. The van der Waals surface area contributed by atoms with E-state index < -0.39 is 29.5 Å². The molecule has 8 aliphatic carbocycles. The maximum absolute atomic E-state index is 13.6. The van der Waals surface area contributed by atoms with Gasteiger partial charge in [0, 0.05) is 6.42 Å². The van der Waals surface area contributed by atoms with E-state index in [9.17, 15) is 24.0 Å². The van der Waals surface area contributed by atoms with E-state index >= 15 is 0 Å². The first kappa shape index (κ1) is 31.3. The van der Waals surface area contributed by atoms with Crippen LogP contribution in [0.25, 0.3) is 0 Å². The molecule has 2 heterocycles. The second-order valence-electron chi connectivity index (χ2n) is 19.5. The zero-order chi connectivity index (χ0) is 34.0. The first-order valence-electron chi connectivity index (χ1n) is 19.7. The van der Waals surface area contributed by atoms with E-state index in [-0.39, 0.29) is 53.5 Å². The Bertz CT molecular complexity index is 1510. The molecule has 2 aliphatic heterocycles. The van der Waals surface area contributed by atoms with Crippen LogP contribution in [0.15, 0.2) is 0 Å². The average Bonchev–Trinajstić information content (AvgIpc) is 3.88. The molecule has 0 aromatic carbocycles. The van der Waals surface area contributed by atoms with Gasteiger partial charge < -0.3 is 18.9 Å². The monoisotopic (exact) mass is 676 g/mol. The summed E-state index contributed by atoms with van der Waals surface area (Å²) in [7, 11) is 0. The Kier molecular flexibility index (Phi) is 6.60. The van der Waals surface area contributed by atoms with Crippen molar-refractivity contribution in [3.63, 3.8) is 0 Å². The Morgan fingerprint density at radius 2 is 1.22 bits per heavy atom. The van der Waals surface area contributed by atoms with Gasteiger partial charge in [0.25, 0.3) is 0 Å². The highest BCUT2D eigenvalue weighted by molar-refractivity contribution is 5.96. The fraction of sp³-hybridized carbons (Fsp3) is 0.875. The third-order valence-electron chi connectivity index (χ3n) is 16.9. The largest absolute Gasteiger partial charge is 0.463 e. The highest BCUT2D eigenvalue weighted by atomic mass is 16.6. The molecule has 0 aromatic rings. The smallest absolute Gasteiger partial charge is 0.347 e. The molecule has 10 rings (SSSR count). The van der Waals surface area contributed by atoms with Gasteiger partial charge in [0.1, 0.15) is 5.60 Å². The van der Waals surface area contributed by atoms with Gasteiger partial charge in [0.05, 0.1) is 30.3 Å². The Hall–Kier alpha value is -2.45. The lowest BCUT2D eigenvalue weighted by atomic mass is 9.51. The number of ether oxygens (including phenoxy) is 4. The number of carbonyl (C=O) groups excluding carboxylic acids is 5. The van der Waals surface area contributed by atoms with Crippen LogP contribution < -0.4 is 0 Å². The zero-order valence-electron chi connectivity index (χ0n) is 29.5. The molecule has 266 valence electrons. The van der Waals surface area contributed by atoms with E-state index in [4.69, 9.17) is 18.9 Å². The van der Waals surface area contributed by atoms with E-state index in [1.54, 1.807) is 0 Å². The number of hydrogen-bond donors (Lipinski definition) is 0. The van der Waals surface area contributed by atoms with Gasteiger partial charge in [0.2, 0.25) is 6.10 Å². The predicted octanol–water partition coefficient (Wildman–Crippen LogP) is 5.08. The molecule has 8 bridgehead atoms. The molecular formula is C40H52O9. The third-order valence-corrected chi connectivity index (χ3v) is 16.9. The minimum absolute atomic E-state index is 0.00298. The summed E-state index contributed by atoms with van der Waals surface area (Å²) in [4.78, 5) is 65.7. The van der Waals surface area contributed by atoms with Crippen molar-refractivity contribution < 1.29 is 42.9 Å². The lowest BCUT2D eigenvalue weighted by Crippen LogP contribution is -2.51. The summed E-state index contributed by atoms with van der Waals surface area (Å²) in [5, 5.41) is 0. The van der Waals surface area contributed by atoms with Crippen molar-refractivity contribution in [3.05, 3.63) is 0 Å². The molecule has 10 fully saturated rings. The van der Waals surface area contributed by atoms with Gasteiger partial charge in [-0.2, -0.15) is 0 Å². The fourth-order valence-corrected chi connectivity index (χ4v) is 16.2. The lowest BCUT2D eigenvalue weighted by Gasteiger charge is -2.53. The third kappa shape index (κ3) is 4.13. The molecule has 0 N–H and O–H groups in total. The van der Waals surface area contributed by atoms with Gasteiger partial charge in [0.15, 0.2) is 0 Å². The van der Waals surface area contributed by atoms with Crippen LogP contribution in [0.1, 0.15) is 79.6 Å². The molecule has 21 atom stereocenters. The standard InChI is InChI=1S/C40H52O9/c1-14-18-12-23(31-20-8-16(29(18)31)11-22(20)37(43)49-40(3,4)5)27(14)33-24-13-25(34(33)28-15(2)35(41)48-39(28)45)32-19-9-17(30(24)32)10-21(19)36(42)47-26-6-7-46-38(26)44/h14-34H,6-13H2,1-5H3. The molecule has 0 amide bonds. The van der Waals surface area contributed by atoms with Crippen LogP contribution in [0.3, 0.4) is 0 Å². The van der Waals surface area contributed by atoms with Crippen molar-refractivity contribution in [2.45, 2.75) is 91.3 Å². The molecule has 2 saturated heterocycles. The summed E-state index contributed by atoms with van der Waals surface area (Å²) >= 11 is 0. The van der Waals surface area contributed by atoms with Gasteiger partial charge in [-0.15, -0.1) is 0 Å². The molecule has 0 radical (unpaired) electrons. The number of cyclic esters (lactones) is 3. The highest BCUT2D eigenvalue weighted by Gasteiger charge is 2.75. The summed E-state index contributed by atoms with van der Waals surface area (Å²) in [5.41, 5.74) is -0.486. The molecule has 9 nitrogen and oxygen atoms in total. The van der Waals surface area contributed by atoms with Crippen molar-refractivity contribution in [2.75, 3.05) is 6.61 Å². The van der Waals surface area contributed by atoms with Gasteiger partial charge in [-0.25, -0.2) is 4.79 Å². The molecule has 8 saturated carbocycles. The van der Waals surface area contributed by atoms with Crippen molar-refractivity contribution >= 4 is 29.8 Å². The van der Waals surface area contributed by atoms with Crippen LogP contribution in [-0.2, 0) is 42.9 Å². The predicted molar refractivity (Wildman–Crippen MR) is 171 cm³/mol. The van der Waals surface area contributed by atoms with Crippen molar-refractivity contribution in [1.82, 2.24) is 0 Å². The summed E-state index contributed by atoms with van der Waals surface area (Å²) in [6, 6.07) is 0. The van der Waals surface area contributed by atoms with E-state index in [0.29, 0.717) is 90.0 Å². The summed E-state index contributed by atoms with van der Waals surface area (Å²) in [5.74, 6) is 4.73. The Morgan fingerprint density at radius 3 is 1.82 bits per heavy atom. The van der Waals surface area contributed by atoms with Crippen LogP contribution in [0, 0.1) is 118 Å². The summed E-state index contributed by atoms with van der Waals surface area (Å²) in [6.07, 6.45) is 5.90. The topological polar surface area (TPSA) is 122 Å². The van der Waals surface area contributed by atoms with Crippen LogP contribution >= 0.6 is 0 Å². The number of esters is 5. The molecule has 21 unspecified atom stereocenters. The van der Waals surface area contributed by atoms with Gasteiger partial charge in [-0.1, -0.05) is 13.8 Å². The SMILES string of the molecule is CC1C(=O)OC(=O)C1C1C2CC(C3C4CC(C(=O)OC5CCOC5=O)C(C4)C23)C1C1C(C)C2CC1C1C3CC(CC3C(=O)OC(C)(C)C)C21. The van der Waals surface area contributed by atoms with Crippen LogP contribution in [0.5, 0.6) is 0 Å². The Morgan fingerprint density at radius 1 is 0.633 bits per heavy atom. The average molecular weight is 677 g/mol. The second kappa shape index (κ2) is 10.3. The second-order valence-corrected chi connectivity index (χ2v) is 19.5. The molecular weight excluding hydrogens is 624 g/mol.